The largest absolute Gasteiger partial charge is 0.494 e. The highest BCUT2D eigenvalue weighted by atomic mass is 32.2. The van der Waals surface area contributed by atoms with Crippen molar-refractivity contribution in [2.45, 2.75) is 4.90 Å². The van der Waals surface area contributed by atoms with Gasteiger partial charge in [0.05, 0.1) is 29.8 Å². The van der Waals surface area contributed by atoms with E-state index in [0.29, 0.717) is 22.8 Å². The van der Waals surface area contributed by atoms with Gasteiger partial charge in [-0.2, -0.15) is 5.26 Å². The SMILES string of the molecule is C#Cc1cc(C(=O)N2CSc3ccccc32)cc(C#N)c1OC. The third-order valence-corrected chi connectivity index (χ3v) is 4.61. The number of amides is 1. The van der Waals surface area contributed by atoms with Gasteiger partial charge in [0.15, 0.2) is 5.75 Å². The summed E-state index contributed by atoms with van der Waals surface area (Å²) in [7, 11) is 1.45. The number of hydrogen-bond acceptors (Lipinski definition) is 4. The number of benzene rings is 2. The molecule has 3 rings (SSSR count). The Morgan fingerprint density at radius 3 is 2.78 bits per heavy atom. The molecule has 0 saturated heterocycles. The summed E-state index contributed by atoms with van der Waals surface area (Å²) in [5, 5.41) is 9.27. The van der Waals surface area contributed by atoms with Crippen LogP contribution in [0.15, 0.2) is 41.3 Å². The fraction of sp³-hybridized carbons (Fsp3) is 0.111. The number of terminal acetylenes is 1. The minimum Gasteiger partial charge on any atom is -0.494 e. The van der Waals surface area contributed by atoms with Crippen LogP contribution in [-0.4, -0.2) is 18.9 Å². The highest BCUT2D eigenvalue weighted by Gasteiger charge is 2.27. The molecule has 4 nitrogen and oxygen atoms in total. The number of ether oxygens (including phenoxy) is 1. The van der Waals surface area contributed by atoms with Crippen LogP contribution in [0.5, 0.6) is 5.75 Å². The number of fused-ring (bicyclic) bond motifs is 1. The van der Waals surface area contributed by atoms with E-state index in [1.54, 1.807) is 22.7 Å². The Kier molecular flexibility index (Phi) is 3.97. The monoisotopic (exact) mass is 320 g/mol. The number of carbonyl (C=O) groups is 1. The molecule has 0 atom stereocenters. The van der Waals surface area contributed by atoms with Gasteiger partial charge in [-0.3, -0.25) is 9.69 Å². The highest BCUT2D eigenvalue weighted by Crippen LogP contribution is 2.39. The van der Waals surface area contributed by atoms with Crippen molar-refractivity contribution in [2.24, 2.45) is 0 Å². The molecule has 0 spiro atoms. The lowest BCUT2D eigenvalue weighted by molar-refractivity contribution is 0.0992. The first kappa shape index (κ1) is 15.0. The van der Waals surface area contributed by atoms with Crippen molar-refractivity contribution in [2.75, 3.05) is 17.9 Å². The van der Waals surface area contributed by atoms with E-state index in [1.165, 1.54) is 13.2 Å². The zero-order valence-corrected chi connectivity index (χ0v) is 13.2. The first-order valence-electron chi connectivity index (χ1n) is 6.82. The number of methoxy groups -OCH3 is 1. The van der Waals surface area contributed by atoms with Gasteiger partial charge in [-0.05, 0) is 24.3 Å². The molecule has 23 heavy (non-hydrogen) atoms. The van der Waals surface area contributed by atoms with E-state index in [2.05, 4.69) is 5.92 Å². The molecule has 0 unspecified atom stereocenters. The topological polar surface area (TPSA) is 53.3 Å². The lowest BCUT2D eigenvalue weighted by atomic mass is 10.0. The van der Waals surface area contributed by atoms with Crippen LogP contribution in [-0.2, 0) is 0 Å². The van der Waals surface area contributed by atoms with E-state index in [-0.39, 0.29) is 11.5 Å². The molecule has 0 saturated carbocycles. The normalized spacial score (nSPS) is 12.2. The summed E-state index contributed by atoms with van der Waals surface area (Å²) in [5.74, 6) is 3.15. The predicted molar refractivity (Wildman–Crippen MR) is 89.6 cm³/mol. The van der Waals surface area contributed by atoms with Crippen LogP contribution in [0, 0.1) is 23.7 Å². The van der Waals surface area contributed by atoms with Crippen molar-refractivity contribution < 1.29 is 9.53 Å². The summed E-state index contributed by atoms with van der Waals surface area (Å²) < 4.78 is 5.18. The van der Waals surface area contributed by atoms with Gasteiger partial charge < -0.3 is 4.74 Å². The number of nitriles is 1. The molecule has 0 N–H and O–H groups in total. The van der Waals surface area contributed by atoms with Crippen molar-refractivity contribution in [3.05, 3.63) is 53.1 Å². The molecule has 5 heteroatoms. The van der Waals surface area contributed by atoms with Crippen molar-refractivity contribution in [1.29, 1.82) is 5.26 Å². The lowest BCUT2D eigenvalue weighted by Gasteiger charge is -2.17. The fourth-order valence-corrected chi connectivity index (χ4v) is 3.52. The second kappa shape index (κ2) is 6.08. The molecule has 0 aromatic heterocycles. The molecule has 2 aromatic rings. The molecular weight excluding hydrogens is 308 g/mol. The van der Waals surface area contributed by atoms with Crippen molar-refractivity contribution in [1.82, 2.24) is 0 Å². The second-order valence-corrected chi connectivity index (χ2v) is 5.82. The maximum atomic E-state index is 12.8. The Morgan fingerprint density at radius 2 is 2.09 bits per heavy atom. The Balaban J connectivity index is 2.05. The Hall–Kier alpha value is -2.89. The van der Waals surface area contributed by atoms with E-state index in [9.17, 15) is 10.1 Å². The summed E-state index contributed by atoms with van der Waals surface area (Å²) >= 11 is 1.60. The molecule has 0 radical (unpaired) electrons. The first-order chi connectivity index (χ1) is 11.2. The standard InChI is InChI=1S/C18H12N2O2S/c1-3-12-8-13(9-14(10-19)17(12)22-2)18(21)20-11-23-16-7-5-4-6-15(16)20/h1,4-9H,11H2,2H3. The smallest absolute Gasteiger partial charge is 0.259 e. The van der Waals surface area contributed by atoms with Crippen molar-refractivity contribution in [3.8, 4) is 24.2 Å². The number of nitrogens with zero attached hydrogens (tertiary/aromatic N) is 2. The van der Waals surface area contributed by atoms with Crippen LogP contribution in [0.4, 0.5) is 5.69 Å². The third-order valence-electron chi connectivity index (χ3n) is 3.57. The van der Waals surface area contributed by atoms with E-state index >= 15 is 0 Å². The number of hydrogen-bond donors (Lipinski definition) is 0. The zero-order valence-electron chi connectivity index (χ0n) is 12.4. The number of thioether (sulfide) groups is 1. The Morgan fingerprint density at radius 1 is 1.35 bits per heavy atom. The van der Waals surface area contributed by atoms with Crippen LogP contribution in [0.25, 0.3) is 0 Å². The van der Waals surface area contributed by atoms with Gasteiger partial charge in [0, 0.05) is 10.5 Å². The molecule has 0 fully saturated rings. The molecule has 2 aromatic carbocycles. The summed E-state index contributed by atoms with van der Waals surface area (Å²) in [6.45, 7) is 0. The zero-order chi connectivity index (χ0) is 16.4. The number of anilines is 1. The summed E-state index contributed by atoms with van der Waals surface area (Å²) in [4.78, 5) is 15.6. The van der Waals surface area contributed by atoms with Crippen LogP contribution in [0.1, 0.15) is 21.5 Å². The molecule has 1 aliphatic rings. The molecule has 0 aliphatic carbocycles. The summed E-state index contributed by atoms with van der Waals surface area (Å²) in [6.07, 6.45) is 5.48. The van der Waals surface area contributed by atoms with Gasteiger partial charge in [-0.25, -0.2) is 0 Å². The summed E-state index contributed by atoms with van der Waals surface area (Å²) in [5.41, 5.74) is 1.91. The lowest BCUT2D eigenvalue weighted by Crippen LogP contribution is -2.28. The number of rotatable bonds is 2. The highest BCUT2D eigenvalue weighted by molar-refractivity contribution is 8.00. The maximum Gasteiger partial charge on any atom is 0.259 e. The van der Waals surface area contributed by atoms with Crippen LogP contribution in [0.3, 0.4) is 0 Å². The second-order valence-electron chi connectivity index (χ2n) is 4.84. The molecule has 1 heterocycles. The van der Waals surface area contributed by atoms with Crippen LogP contribution < -0.4 is 9.64 Å². The third kappa shape index (κ3) is 2.52. The van der Waals surface area contributed by atoms with E-state index in [0.717, 1.165) is 10.6 Å². The van der Waals surface area contributed by atoms with E-state index in [4.69, 9.17) is 11.2 Å². The van der Waals surface area contributed by atoms with E-state index < -0.39 is 0 Å². The minimum atomic E-state index is -0.182. The number of carbonyl (C=O) groups excluding carboxylic acids is 1. The van der Waals surface area contributed by atoms with Gasteiger partial charge in [-0.15, -0.1) is 18.2 Å². The molecule has 1 aliphatic heterocycles. The molecule has 0 bridgehead atoms. The maximum absolute atomic E-state index is 12.8. The first-order valence-corrected chi connectivity index (χ1v) is 7.80. The summed E-state index contributed by atoms with van der Waals surface area (Å²) in [6, 6.07) is 12.9. The van der Waals surface area contributed by atoms with E-state index in [1.807, 2.05) is 30.3 Å². The van der Waals surface area contributed by atoms with Crippen LogP contribution in [0.2, 0.25) is 0 Å². The van der Waals surface area contributed by atoms with Gasteiger partial charge >= 0.3 is 0 Å². The molecule has 1 amide bonds. The van der Waals surface area contributed by atoms with Gasteiger partial charge in [0.1, 0.15) is 6.07 Å². The van der Waals surface area contributed by atoms with Crippen molar-refractivity contribution in [3.63, 3.8) is 0 Å². The quantitative estimate of drug-likeness (QED) is 0.797. The Labute approximate surface area is 138 Å². The average molecular weight is 320 g/mol. The minimum absolute atomic E-state index is 0.182. The van der Waals surface area contributed by atoms with Crippen molar-refractivity contribution >= 4 is 23.4 Å². The van der Waals surface area contributed by atoms with Gasteiger partial charge in [0.2, 0.25) is 0 Å². The average Bonchev–Trinajstić information content (AvgIpc) is 3.03. The predicted octanol–water partition coefficient (Wildman–Crippen LogP) is 3.26. The van der Waals surface area contributed by atoms with Gasteiger partial charge in [-0.1, -0.05) is 18.1 Å². The van der Waals surface area contributed by atoms with Gasteiger partial charge in [0.25, 0.3) is 5.91 Å². The fourth-order valence-electron chi connectivity index (χ4n) is 2.49. The molecule has 112 valence electrons. The number of para-hydroxylation sites is 1. The van der Waals surface area contributed by atoms with Crippen LogP contribution >= 0.6 is 11.8 Å². The molecular formula is C18H12N2O2S. The Bertz CT molecular complexity index is 842.